The minimum Gasteiger partial charge on any atom is -0.439 e. The van der Waals surface area contributed by atoms with Gasteiger partial charge < -0.3 is 14.4 Å². The first-order valence-electron chi connectivity index (χ1n) is 12.3. The highest BCUT2D eigenvalue weighted by atomic mass is 19.4. The van der Waals surface area contributed by atoms with Gasteiger partial charge in [0.25, 0.3) is 0 Å². The van der Waals surface area contributed by atoms with E-state index in [1.807, 2.05) is 4.90 Å². The maximum atomic E-state index is 13.6. The van der Waals surface area contributed by atoms with E-state index >= 15 is 0 Å². The van der Waals surface area contributed by atoms with Crippen LogP contribution in [0.15, 0.2) is 36.4 Å². The number of ether oxygens (including phenoxy) is 2. The molecule has 3 atom stereocenters. The number of benzene rings is 2. The molecule has 0 aromatic heterocycles. The van der Waals surface area contributed by atoms with E-state index in [4.69, 9.17) is 9.47 Å². The molecule has 0 unspecified atom stereocenters. The van der Waals surface area contributed by atoms with E-state index in [-0.39, 0.29) is 17.7 Å². The summed E-state index contributed by atoms with van der Waals surface area (Å²) in [5, 5.41) is 0. The molecule has 0 aliphatic carbocycles. The molecule has 0 bridgehead atoms. The molecular formula is C26H25F9N2O3. The van der Waals surface area contributed by atoms with Gasteiger partial charge in [-0.25, -0.2) is 4.79 Å². The Morgan fingerprint density at radius 2 is 1.50 bits per heavy atom. The largest absolute Gasteiger partial charge is 0.439 e. The molecule has 2 aliphatic rings. The minimum absolute atomic E-state index is 0.0380. The number of amides is 1. The molecule has 2 saturated heterocycles. The van der Waals surface area contributed by atoms with Gasteiger partial charge in [-0.05, 0) is 67.8 Å². The van der Waals surface area contributed by atoms with E-state index in [1.165, 1.54) is 13.0 Å². The van der Waals surface area contributed by atoms with E-state index in [0.717, 1.165) is 17.0 Å². The molecule has 220 valence electrons. The van der Waals surface area contributed by atoms with Crippen LogP contribution in [0.4, 0.5) is 50.0 Å². The first kappa shape index (κ1) is 29.8. The number of carbonyl (C=O) groups is 1. The molecule has 2 fully saturated rings. The number of hydrogen-bond acceptors (Lipinski definition) is 4. The smallest absolute Gasteiger partial charge is 0.416 e. The van der Waals surface area contributed by atoms with Crippen LogP contribution in [0.5, 0.6) is 0 Å². The number of cyclic esters (lactones) is 1. The lowest BCUT2D eigenvalue weighted by molar-refractivity contribution is -0.143. The van der Waals surface area contributed by atoms with Gasteiger partial charge in [-0.2, -0.15) is 39.5 Å². The van der Waals surface area contributed by atoms with Crippen molar-refractivity contribution in [1.82, 2.24) is 4.90 Å². The number of alkyl halides is 9. The molecule has 4 rings (SSSR count). The molecule has 5 nitrogen and oxygen atoms in total. The molecule has 0 saturated carbocycles. The van der Waals surface area contributed by atoms with Gasteiger partial charge in [-0.15, -0.1) is 0 Å². The zero-order valence-electron chi connectivity index (χ0n) is 21.3. The summed E-state index contributed by atoms with van der Waals surface area (Å²) in [6, 6.07) is 2.74. The second kappa shape index (κ2) is 10.7. The lowest BCUT2D eigenvalue weighted by Crippen LogP contribution is -2.37. The molecule has 2 aromatic carbocycles. The van der Waals surface area contributed by atoms with Gasteiger partial charge in [-0.3, -0.25) is 4.90 Å². The summed E-state index contributed by atoms with van der Waals surface area (Å²) in [7, 11) is 0. The van der Waals surface area contributed by atoms with Gasteiger partial charge in [0.15, 0.2) is 0 Å². The molecule has 40 heavy (non-hydrogen) atoms. The number of rotatable bonds is 6. The number of hydrogen-bond donors (Lipinski definition) is 0. The van der Waals surface area contributed by atoms with Crippen molar-refractivity contribution in [2.45, 2.75) is 63.5 Å². The third kappa shape index (κ3) is 6.11. The summed E-state index contributed by atoms with van der Waals surface area (Å²) >= 11 is 0. The van der Waals surface area contributed by atoms with Crippen molar-refractivity contribution in [3.05, 3.63) is 64.2 Å². The predicted octanol–water partition coefficient (Wildman–Crippen LogP) is 7.44. The van der Waals surface area contributed by atoms with Gasteiger partial charge >= 0.3 is 24.6 Å². The van der Waals surface area contributed by atoms with Crippen molar-refractivity contribution >= 4 is 11.8 Å². The average molecular weight is 584 g/mol. The van der Waals surface area contributed by atoms with Crippen molar-refractivity contribution in [3.63, 3.8) is 0 Å². The Bertz CT molecular complexity index is 1210. The van der Waals surface area contributed by atoms with Crippen LogP contribution in [0.3, 0.4) is 0 Å². The fourth-order valence-corrected chi connectivity index (χ4v) is 5.05. The van der Waals surface area contributed by atoms with Crippen LogP contribution in [0.1, 0.15) is 54.2 Å². The Morgan fingerprint density at radius 3 is 2.00 bits per heavy atom. The highest BCUT2D eigenvalue weighted by molar-refractivity contribution is 5.72. The first-order chi connectivity index (χ1) is 18.5. The summed E-state index contributed by atoms with van der Waals surface area (Å²) in [6.45, 7) is 3.93. The van der Waals surface area contributed by atoms with Gasteiger partial charge in [0.2, 0.25) is 0 Å². The van der Waals surface area contributed by atoms with E-state index in [1.54, 1.807) is 6.92 Å². The van der Waals surface area contributed by atoms with Crippen LogP contribution in [-0.2, 0) is 34.5 Å². The number of nitrogens with zero attached hydrogens (tertiary/aromatic N) is 2. The number of anilines is 1. The third-order valence-corrected chi connectivity index (χ3v) is 7.07. The first-order valence-corrected chi connectivity index (χ1v) is 12.3. The Balaban J connectivity index is 1.71. The van der Waals surface area contributed by atoms with Crippen LogP contribution in [0.2, 0.25) is 0 Å². The van der Waals surface area contributed by atoms with Crippen LogP contribution in [-0.4, -0.2) is 42.8 Å². The van der Waals surface area contributed by atoms with Crippen LogP contribution < -0.4 is 4.90 Å². The number of likely N-dealkylation sites (N-methyl/N-ethyl adjacent to an activating group) is 1. The Labute approximate surface area is 223 Å². The van der Waals surface area contributed by atoms with Crippen LogP contribution in [0, 0.1) is 0 Å². The molecule has 0 N–H and O–H groups in total. The molecule has 14 heteroatoms. The molecular weight excluding hydrogens is 559 g/mol. The fraction of sp³-hybridized carbons (Fsp3) is 0.500. The van der Waals surface area contributed by atoms with E-state index in [9.17, 15) is 44.3 Å². The molecule has 1 amide bonds. The highest BCUT2D eigenvalue weighted by Crippen LogP contribution is 2.42. The maximum Gasteiger partial charge on any atom is 0.416 e. The van der Waals surface area contributed by atoms with Gasteiger partial charge in [0, 0.05) is 18.8 Å². The zero-order valence-corrected chi connectivity index (χ0v) is 21.3. The summed E-state index contributed by atoms with van der Waals surface area (Å²) in [5.41, 5.74) is -4.17. The van der Waals surface area contributed by atoms with Gasteiger partial charge in [0.05, 0.1) is 41.9 Å². The summed E-state index contributed by atoms with van der Waals surface area (Å²) < 4.78 is 132. The van der Waals surface area contributed by atoms with E-state index in [0.29, 0.717) is 44.0 Å². The lowest BCUT2D eigenvalue weighted by atomic mass is 9.97. The van der Waals surface area contributed by atoms with Crippen molar-refractivity contribution in [2.24, 2.45) is 0 Å². The summed E-state index contributed by atoms with van der Waals surface area (Å²) in [4.78, 5) is 15.7. The SMILES string of the molecule is CCN(c1ccc(C(F)(F)F)cc1CN1C(=O)O[C@H](c2cc(C(F)(F)F)cc(C(F)(F)F)c2)[C@H]1C)[C@H]1CCOC1. The monoisotopic (exact) mass is 584 g/mol. The van der Waals surface area contributed by atoms with Crippen LogP contribution >= 0.6 is 0 Å². The minimum atomic E-state index is -5.11. The normalized spacial score (nSPS) is 22.1. The van der Waals surface area contributed by atoms with Crippen molar-refractivity contribution in [2.75, 3.05) is 24.7 Å². The topological polar surface area (TPSA) is 42.0 Å². The summed E-state index contributed by atoms with van der Waals surface area (Å²) in [6.07, 6.45) is -16.9. The lowest BCUT2D eigenvalue weighted by Gasteiger charge is -2.32. The second-order valence-electron chi connectivity index (χ2n) is 9.66. The molecule has 2 heterocycles. The van der Waals surface area contributed by atoms with Crippen molar-refractivity contribution in [1.29, 1.82) is 0 Å². The Hall–Kier alpha value is -3.16. The molecule has 2 aromatic rings. The third-order valence-electron chi connectivity index (χ3n) is 7.07. The van der Waals surface area contributed by atoms with Crippen LogP contribution in [0.25, 0.3) is 0 Å². The molecule has 0 spiro atoms. The Kier molecular flexibility index (Phi) is 7.96. The van der Waals surface area contributed by atoms with Crippen molar-refractivity contribution < 1.29 is 53.8 Å². The van der Waals surface area contributed by atoms with Gasteiger partial charge in [-0.1, -0.05) is 0 Å². The van der Waals surface area contributed by atoms with Crippen molar-refractivity contribution in [3.8, 4) is 0 Å². The summed E-state index contributed by atoms with van der Waals surface area (Å²) in [5.74, 6) is 0. The van der Waals surface area contributed by atoms with E-state index in [2.05, 4.69) is 0 Å². The number of carbonyl (C=O) groups excluding carboxylic acids is 1. The highest BCUT2D eigenvalue weighted by Gasteiger charge is 2.44. The van der Waals surface area contributed by atoms with Gasteiger partial charge in [0.1, 0.15) is 6.10 Å². The second-order valence-corrected chi connectivity index (χ2v) is 9.66. The van der Waals surface area contributed by atoms with E-state index < -0.39 is 65.6 Å². The zero-order chi connectivity index (χ0) is 29.6. The fourth-order valence-electron chi connectivity index (χ4n) is 5.05. The number of halogens is 9. The standard InChI is InChI=1S/C26H25F9N2O3/c1-3-36(20-6-7-39-13-20)21-5-4-17(24(27,28)29)10-16(21)12-37-14(2)22(40-23(37)38)15-8-18(25(30,31)32)11-19(9-15)26(33,34)35/h4-5,8-11,14,20,22H,3,6-7,12-13H2,1-2H3/t14-,20+,22+/m1/s1. The Morgan fingerprint density at radius 1 is 0.900 bits per heavy atom. The molecule has 0 radical (unpaired) electrons. The quantitative estimate of drug-likeness (QED) is 0.331. The predicted molar refractivity (Wildman–Crippen MR) is 124 cm³/mol. The molecule has 2 aliphatic heterocycles. The average Bonchev–Trinajstić information content (AvgIpc) is 3.48. The maximum absolute atomic E-state index is 13.6.